The number of Topliss-reactive ketones (excluding diaryl/α,β-unsaturated/α-hetero) is 1. The number of hydrogen-bond acceptors (Lipinski definition) is 6. The largest absolute Gasteiger partial charge is 0.345 e. The summed E-state index contributed by atoms with van der Waals surface area (Å²) in [6.07, 6.45) is 0.0962. The standard InChI is InChI=1S/C10H9NO6P2/c12-5-1-2-11(7(13)3-5)10-8(14)9(19-16)6(17-10)4-18-15/h1-2,6,9-10H,3-4H2/t6?,9-,10-/m1/s1. The summed E-state index contributed by atoms with van der Waals surface area (Å²) < 4.78 is 26.9. The van der Waals surface area contributed by atoms with Crippen LogP contribution in [0.25, 0.3) is 0 Å². The Morgan fingerprint density at radius 3 is 2.63 bits per heavy atom. The normalized spacial score (nSPS) is 31.7. The quantitative estimate of drug-likeness (QED) is 0.555. The molecule has 1 fully saturated rings. The highest BCUT2D eigenvalue weighted by Crippen LogP contribution is 2.31. The molecule has 0 N–H and O–H groups in total. The second-order valence-electron chi connectivity index (χ2n) is 4.05. The number of nitrogens with zero attached hydrogens (tertiary/aromatic N) is 1. The van der Waals surface area contributed by atoms with Crippen LogP contribution in [0.15, 0.2) is 12.3 Å². The molecular formula is C10H9NO6P2. The van der Waals surface area contributed by atoms with E-state index in [1.54, 1.807) is 0 Å². The SMILES string of the molecule is O=PCC1O[C@@H](N2C=CC(=O)CC2=O)C(=O)[C@@H]1P=O. The molecule has 2 heterocycles. The van der Waals surface area contributed by atoms with E-state index in [4.69, 9.17) is 4.74 Å². The first-order valence-corrected chi connectivity index (χ1v) is 7.29. The van der Waals surface area contributed by atoms with E-state index >= 15 is 0 Å². The monoisotopic (exact) mass is 301 g/mol. The molecular weight excluding hydrogens is 292 g/mol. The minimum absolute atomic E-state index is 0.0207. The summed E-state index contributed by atoms with van der Waals surface area (Å²) in [7, 11) is -0.665. The van der Waals surface area contributed by atoms with Crippen LogP contribution in [-0.4, -0.2) is 46.5 Å². The van der Waals surface area contributed by atoms with Crippen molar-refractivity contribution in [3.05, 3.63) is 12.3 Å². The van der Waals surface area contributed by atoms with Gasteiger partial charge in [0.15, 0.2) is 34.7 Å². The van der Waals surface area contributed by atoms with Crippen LogP contribution in [0.4, 0.5) is 0 Å². The third-order valence-corrected chi connectivity index (χ3v) is 4.17. The van der Waals surface area contributed by atoms with Crippen LogP contribution in [0.2, 0.25) is 0 Å². The molecule has 0 aromatic carbocycles. The van der Waals surface area contributed by atoms with Crippen molar-refractivity contribution < 1.29 is 28.3 Å². The van der Waals surface area contributed by atoms with Gasteiger partial charge in [-0.05, 0) is 6.08 Å². The maximum atomic E-state index is 12.0. The molecule has 0 bridgehead atoms. The van der Waals surface area contributed by atoms with Gasteiger partial charge in [-0.3, -0.25) is 28.4 Å². The molecule has 0 radical (unpaired) electrons. The van der Waals surface area contributed by atoms with Gasteiger partial charge in [-0.2, -0.15) is 0 Å². The minimum atomic E-state index is -1.20. The van der Waals surface area contributed by atoms with Crippen LogP contribution in [-0.2, 0) is 28.3 Å². The van der Waals surface area contributed by atoms with Gasteiger partial charge in [-0.15, -0.1) is 0 Å². The van der Waals surface area contributed by atoms with Crippen LogP contribution < -0.4 is 0 Å². The fraction of sp³-hybridized carbons (Fsp3) is 0.500. The summed E-state index contributed by atoms with van der Waals surface area (Å²) in [5.74, 6) is -1.41. The van der Waals surface area contributed by atoms with Gasteiger partial charge in [0.25, 0.3) is 0 Å². The summed E-state index contributed by atoms with van der Waals surface area (Å²) >= 11 is 0. The van der Waals surface area contributed by atoms with Gasteiger partial charge in [0.2, 0.25) is 5.91 Å². The van der Waals surface area contributed by atoms with Crippen molar-refractivity contribution in [3.8, 4) is 0 Å². The van der Waals surface area contributed by atoms with Crippen LogP contribution in [0.3, 0.4) is 0 Å². The molecule has 1 unspecified atom stereocenters. The zero-order valence-electron chi connectivity index (χ0n) is 9.59. The molecule has 100 valence electrons. The Labute approximate surface area is 111 Å². The number of amides is 1. The van der Waals surface area contributed by atoms with Crippen molar-refractivity contribution >= 4 is 34.4 Å². The first-order chi connectivity index (χ1) is 9.08. The van der Waals surface area contributed by atoms with E-state index in [2.05, 4.69) is 0 Å². The molecule has 3 atom stereocenters. The lowest BCUT2D eigenvalue weighted by atomic mass is 10.1. The van der Waals surface area contributed by atoms with E-state index in [9.17, 15) is 23.5 Å². The highest BCUT2D eigenvalue weighted by atomic mass is 31.1. The molecule has 2 rings (SSSR count). The third kappa shape index (κ3) is 2.68. The summed E-state index contributed by atoms with van der Waals surface area (Å²) in [6.45, 7) is 0. The predicted molar refractivity (Wildman–Crippen MR) is 63.1 cm³/mol. The van der Waals surface area contributed by atoms with E-state index in [0.29, 0.717) is 0 Å². The number of allylic oxidation sites excluding steroid dienone is 1. The number of carbonyl (C=O) groups is 3. The predicted octanol–water partition coefficient (Wildman–Crippen LogP) is 0.547. The fourth-order valence-electron chi connectivity index (χ4n) is 1.93. The zero-order chi connectivity index (χ0) is 14.0. The Bertz CT molecular complexity index is 490. The fourth-order valence-corrected chi connectivity index (χ4v) is 3.08. The van der Waals surface area contributed by atoms with E-state index in [1.165, 1.54) is 12.3 Å². The molecule has 0 aromatic rings. The molecule has 9 heteroatoms. The Kier molecular flexibility index (Phi) is 4.30. The van der Waals surface area contributed by atoms with E-state index in [0.717, 1.165) is 4.90 Å². The maximum Gasteiger partial charge on any atom is 0.236 e. The van der Waals surface area contributed by atoms with Crippen LogP contribution >= 0.6 is 16.9 Å². The van der Waals surface area contributed by atoms with Crippen LogP contribution in [0.1, 0.15) is 6.42 Å². The Balaban J connectivity index is 2.21. The number of hydrogen-bond donors (Lipinski definition) is 0. The van der Waals surface area contributed by atoms with Crippen LogP contribution in [0, 0.1) is 0 Å². The van der Waals surface area contributed by atoms with Gasteiger partial charge in [0.1, 0.15) is 5.66 Å². The van der Waals surface area contributed by atoms with Crippen LogP contribution in [0.5, 0.6) is 0 Å². The lowest BCUT2D eigenvalue weighted by Gasteiger charge is -2.25. The topological polar surface area (TPSA) is 97.8 Å². The molecule has 0 spiro atoms. The molecule has 2 aliphatic heterocycles. The van der Waals surface area contributed by atoms with Gasteiger partial charge in [0, 0.05) is 6.20 Å². The zero-order valence-corrected chi connectivity index (χ0v) is 11.4. The Hall–Kier alpha value is -1.29. The highest BCUT2D eigenvalue weighted by Gasteiger charge is 2.48. The van der Waals surface area contributed by atoms with Crippen molar-refractivity contribution in [2.24, 2.45) is 0 Å². The number of ether oxygens (including phenoxy) is 1. The average molecular weight is 301 g/mol. The minimum Gasteiger partial charge on any atom is -0.345 e. The number of carbonyl (C=O) groups excluding carboxylic acids is 3. The number of rotatable bonds is 4. The second-order valence-corrected chi connectivity index (χ2v) is 5.44. The van der Waals surface area contributed by atoms with E-state index in [-0.39, 0.29) is 26.8 Å². The van der Waals surface area contributed by atoms with E-state index in [1.807, 2.05) is 0 Å². The maximum absolute atomic E-state index is 12.0. The van der Waals surface area contributed by atoms with Gasteiger partial charge in [-0.1, -0.05) is 0 Å². The third-order valence-electron chi connectivity index (χ3n) is 2.85. The lowest BCUT2D eigenvalue weighted by molar-refractivity contribution is -0.148. The molecule has 19 heavy (non-hydrogen) atoms. The van der Waals surface area contributed by atoms with Crippen molar-refractivity contribution in [1.82, 2.24) is 4.90 Å². The lowest BCUT2D eigenvalue weighted by Crippen LogP contribution is -2.43. The molecule has 7 nitrogen and oxygen atoms in total. The number of ketones is 2. The second kappa shape index (κ2) is 5.78. The summed E-state index contributed by atoms with van der Waals surface area (Å²) in [4.78, 5) is 35.7. The molecule has 1 saturated heterocycles. The molecule has 2 aliphatic rings. The van der Waals surface area contributed by atoms with E-state index < -0.39 is 38.1 Å². The van der Waals surface area contributed by atoms with Gasteiger partial charge < -0.3 is 4.74 Å². The molecule has 0 saturated carbocycles. The van der Waals surface area contributed by atoms with Gasteiger partial charge in [0.05, 0.1) is 18.7 Å². The summed E-state index contributed by atoms with van der Waals surface area (Å²) in [5.41, 5.74) is -0.940. The van der Waals surface area contributed by atoms with Gasteiger partial charge >= 0.3 is 0 Å². The summed E-state index contributed by atoms with van der Waals surface area (Å²) in [6, 6.07) is 0. The van der Waals surface area contributed by atoms with Crippen molar-refractivity contribution in [1.29, 1.82) is 0 Å². The smallest absolute Gasteiger partial charge is 0.236 e. The molecule has 0 aliphatic carbocycles. The molecule has 1 amide bonds. The average Bonchev–Trinajstić information content (AvgIpc) is 2.66. The highest BCUT2D eigenvalue weighted by molar-refractivity contribution is 7.27. The van der Waals surface area contributed by atoms with Gasteiger partial charge in [-0.25, -0.2) is 0 Å². The van der Waals surface area contributed by atoms with Crippen molar-refractivity contribution in [2.45, 2.75) is 24.4 Å². The first-order valence-electron chi connectivity index (χ1n) is 5.41. The first kappa shape index (κ1) is 14.1. The van der Waals surface area contributed by atoms with Crippen molar-refractivity contribution in [3.63, 3.8) is 0 Å². The summed E-state index contributed by atoms with van der Waals surface area (Å²) in [5, 5.41) is 0. The molecule has 0 aromatic heterocycles. The Morgan fingerprint density at radius 2 is 2.05 bits per heavy atom. The Morgan fingerprint density at radius 1 is 1.32 bits per heavy atom. The van der Waals surface area contributed by atoms with Crippen molar-refractivity contribution in [2.75, 3.05) is 6.16 Å².